The molecule has 0 aliphatic heterocycles. The van der Waals surface area contributed by atoms with Crippen molar-refractivity contribution in [2.24, 2.45) is 0 Å². The lowest BCUT2D eigenvalue weighted by atomic mass is 10.0. The Kier molecular flexibility index (Phi) is 9.02. The minimum Gasteiger partial charge on any atom is -0.354 e. The Morgan fingerprint density at radius 2 is 1.55 bits per heavy atom. The van der Waals surface area contributed by atoms with Crippen molar-refractivity contribution < 1.29 is 14.0 Å². The minimum atomic E-state index is -0.692. The van der Waals surface area contributed by atoms with Gasteiger partial charge in [-0.3, -0.25) is 9.59 Å². The Bertz CT molecular complexity index is 1040. The summed E-state index contributed by atoms with van der Waals surface area (Å²) in [6.07, 6.45) is 1.25. The van der Waals surface area contributed by atoms with Gasteiger partial charge in [-0.2, -0.15) is 0 Å². The van der Waals surface area contributed by atoms with Gasteiger partial charge in [0.2, 0.25) is 11.8 Å². The van der Waals surface area contributed by atoms with Gasteiger partial charge in [0.05, 0.1) is 6.42 Å². The van der Waals surface area contributed by atoms with E-state index in [4.69, 9.17) is 11.6 Å². The SMILES string of the molecule is CCCNC(=O)[C@H](Cc1ccccc1)N(Cc1ccc(Cl)cc1)C(=O)Cc1ccc(F)cc1. The average molecular weight is 467 g/mol. The van der Waals surface area contributed by atoms with Crippen molar-refractivity contribution in [3.63, 3.8) is 0 Å². The first-order valence-electron chi connectivity index (χ1n) is 11.1. The molecule has 33 heavy (non-hydrogen) atoms. The maximum Gasteiger partial charge on any atom is 0.243 e. The molecule has 1 N–H and O–H groups in total. The molecule has 3 aromatic rings. The summed E-state index contributed by atoms with van der Waals surface area (Å²) in [6.45, 7) is 2.77. The second-order valence-electron chi connectivity index (χ2n) is 7.95. The molecule has 0 fully saturated rings. The van der Waals surface area contributed by atoms with Crippen LogP contribution in [-0.2, 0) is 29.0 Å². The zero-order valence-corrected chi connectivity index (χ0v) is 19.4. The molecule has 1 atom stereocenters. The average Bonchev–Trinajstić information content (AvgIpc) is 2.83. The van der Waals surface area contributed by atoms with Crippen LogP contribution in [0.4, 0.5) is 4.39 Å². The largest absolute Gasteiger partial charge is 0.354 e. The van der Waals surface area contributed by atoms with Crippen LogP contribution in [0.15, 0.2) is 78.9 Å². The fraction of sp³-hybridized carbons (Fsp3) is 0.259. The third kappa shape index (κ3) is 7.43. The summed E-state index contributed by atoms with van der Waals surface area (Å²) >= 11 is 6.03. The first kappa shape index (κ1) is 24.5. The molecule has 0 unspecified atom stereocenters. The first-order valence-corrected chi connectivity index (χ1v) is 11.4. The topological polar surface area (TPSA) is 49.4 Å². The standard InChI is InChI=1S/C27H28ClFN2O2/c1-2-16-30-27(33)25(17-20-6-4-3-5-7-20)31(19-22-8-12-23(28)13-9-22)26(32)18-21-10-14-24(29)15-11-21/h3-15,25H,2,16-19H2,1H3,(H,30,33)/t25-/m0/s1. The van der Waals surface area contributed by atoms with Crippen LogP contribution in [-0.4, -0.2) is 29.3 Å². The Hall–Kier alpha value is -3.18. The maximum absolute atomic E-state index is 13.5. The van der Waals surface area contributed by atoms with Gasteiger partial charge in [0.15, 0.2) is 0 Å². The highest BCUT2D eigenvalue weighted by molar-refractivity contribution is 6.30. The van der Waals surface area contributed by atoms with Crippen molar-refractivity contribution in [3.05, 3.63) is 106 Å². The molecular formula is C27H28ClFN2O2. The van der Waals surface area contributed by atoms with Crippen LogP contribution in [0.1, 0.15) is 30.0 Å². The third-order valence-electron chi connectivity index (χ3n) is 5.36. The Balaban J connectivity index is 1.93. The molecule has 2 amide bonds. The highest BCUT2D eigenvalue weighted by Gasteiger charge is 2.30. The molecule has 0 saturated carbocycles. The van der Waals surface area contributed by atoms with E-state index in [2.05, 4.69) is 5.32 Å². The van der Waals surface area contributed by atoms with Crippen LogP contribution in [0, 0.1) is 5.82 Å². The number of nitrogens with zero attached hydrogens (tertiary/aromatic N) is 1. The van der Waals surface area contributed by atoms with Crippen LogP contribution in [0.25, 0.3) is 0 Å². The van der Waals surface area contributed by atoms with E-state index >= 15 is 0 Å². The fourth-order valence-electron chi connectivity index (χ4n) is 3.58. The summed E-state index contributed by atoms with van der Waals surface area (Å²) in [5.74, 6) is -0.753. The van der Waals surface area contributed by atoms with E-state index in [9.17, 15) is 14.0 Å². The van der Waals surface area contributed by atoms with Gasteiger partial charge < -0.3 is 10.2 Å². The number of nitrogens with one attached hydrogen (secondary N) is 1. The Morgan fingerprint density at radius 3 is 2.18 bits per heavy atom. The van der Waals surface area contributed by atoms with E-state index in [1.165, 1.54) is 12.1 Å². The summed E-state index contributed by atoms with van der Waals surface area (Å²) in [7, 11) is 0. The number of carbonyl (C=O) groups is 2. The number of benzene rings is 3. The lowest BCUT2D eigenvalue weighted by Crippen LogP contribution is -2.51. The quantitative estimate of drug-likeness (QED) is 0.447. The second-order valence-corrected chi connectivity index (χ2v) is 8.38. The number of carbonyl (C=O) groups excluding carboxylic acids is 2. The normalized spacial score (nSPS) is 11.6. The van der Waals surface area contributed by atoms with Crippen LogP contribution in [0.2, 0.25) is 5.02 Å². The summed E-state index contributed by atoms with van der Waals surface area (Å²) < 4.78 is 13.3. The summed E-state index contributed by atoms with van der Waals surface area (Å²) in [6, 6.07) is 22.1. The molecular weight excluding hydrogens is 439 g/mol. The van der Waals surface area contributed by atoms with Gasteiger partial charge in [0, 0.05) is 24.5 Å². The lowest BCUT2D eigenvalue weighted by Gasteiger charge is -2.31. The van der Waals surface area contributed by atoms with Crippen LogP contribution in [0.3, 0.4) is 0 Å². The molecule has 0 aliphatic carbocycles. The fourth-order valence-corrected chi connectivity index (χ4v) is 3.71. The highest BCUT2D eigenvalue weighted by atomic mass is 35.5. The molecule has 0 bridgehead atoms. The monoisotopic (exact) mass is 466 g/mol. The highest BCUT2D eigenvalue weighted by Crippen LogP contribution is 2.18. The molecule has 0 heterocycles. The summed E-state index contributed by atoms with van der Waals surface area (Å²) in [5.41, 5.74) is 2.52. The molecule has 0 aromatic heterocycles. The van der Waals surface area contributed by atoms with E-state index in [-0.39, 0.29) is 30.6 Å². The van der Waals surface area contributed by atoms with Crippen molar-refractivity contribution in [2.45, 2.75) is 38.8 Å². The Labute approximate surface area is 199 Å². The van der Waals surface area contributed by atoms with Gasteiger partial charge >= 0.3 is 0 Å². The van der Waals surface area contributed by atoms with Crippen LogP contribution < -0.4 is 5.32 Å². The summed E-state index contributed by atoms with van der Waals surface area (Å²) in [5, 5.41) is 3.55. The zero-order chi connectivity index (χ0) is 23.6. The van der Waals surface area contributed by atoms with E-state index in [1.807, 2.05) is 49.4 Å². The Morgan fingerprint density at radius 1 is 0.909 bits per heavy atom. The molecule has 172 valence electrons. The van der Waals surface area contributed by atoms with E-state index in [0.717, 1.165) is 17.5 Å². The smallest absolute Gasteiger partial charge is 0.243 e. The van der Waals surface area contributed by atoms with Gasteiger partial charge in [-0.15, -0.1) is 0 Å². The third-order valence-corrected chi connectivity index (χ3v) is 5.61. The second kappa shape index (κ2) is 12.2. The van der Waals surface area contributed by atoms with Crippen molar-refractivity contribution in [2.75, 3.05) is 6.54 Å². The van der Waals surface area contributed by atoms with Crippen molar-refractivity contribution >= 4 is 23.4 Å². The van der Waals surface area contributed by atoms with E-state index in [0.29, 0.717) is 23.6 Å². The number of rotatable bonds is 10. The molecule has 6 heteroatoms. The predicted molar refractivity (Wildman–Crippen MR) is 129 cm³/mol. The van der Waals surface area contributed by atoms with Crippen LogP contribution in [0.5, 0.6) is 0 Å². The molecule has 4 nitrogen and oxygen atoms in total. The number of hydrogen-bond donors (Lipinski definition) is 1. The van der Waals surface area contributed by atoms with E-state index < -0.39 is 6.04 Å². The zero-order valence-electron chi connectivity index (χ0n) is 18.6. The van der Waals surface area contributed by atoms with E-state index in [1.54, 1.807) is 29.2 Å². The van der Waals surface area contributed by atoms with Crippen molar-refractivity contribution in [1.29, 1.82) is 0 Å². The minimum absolute atomic E-state index is 0.0697. The van der Waals surface area contributed by atoms with Gasteiger partial charge in [-0.05, 0) is 47.4 Å². The lowest BCUT2D eigenvalue weighted by molar-refractivity contribution is -0.140. The molecule has 3 rings (SSSR count). The summed E-state index contributed by atoms with van der Waals surface area (Å²) in [4.78, 5) is 28.3. The maximum atomic E-state index is 13.5. The number of halogens is 2. The first-order chi connectivity index (χ1) is 16.0. The molecule has 3 aromatic carbocycles. The molecule has 0 spiro atoms. The molecule has 0 radical (unpaired) electrons. The molecule has 0 saturated heterocycles. The predicted octanol–water partition coefficient (Wildman–Crippen LogP) is 5.19. The molecule has 0 aliphatic rings. The van der Waals surface area contributed by atoms with Gasteiger partial charge in [-0.25, -0.2) is 4.39 Å². The van der Waals surface area contributed by atoms with Gasteiger partial charge in [0.1, 0.15) is 11.9 Å². The van der Waals surface area contributed by atoms with Crippen molar-refractivity contribution in [3.8, 4) is 0 Å². The van der Waals surface area contributed by atoms with Crippen molar-refractivity contribution in [1.82, 2.24) is 10.2 Å². The van der Waals surface area contributed by atoms with Gasteiger partial charge in [-0.1, -0.05) is 73.1 Å². The number of hydrogen-bond acceptors (Lipinski definition) is 2. The number of amides is 2. The van der Waals surface area contributed by atoms with Gasteiger partial charge in [0.25, 0.3) is 0 Å². The van der Waals surface area contributed by atoms with Crippen LogP contribution >= 0.6 is 11.6 Å².